The Morgan fingerprint density at radius 1 is 1.07 bits per heavy atom. The summed E-state index contributed by atoms with van der Waals surface area (Å²) in [5.41, 5.74) is 0.989. The number of nitriles is 1. The van der Waals surface area contributed by atoms with Crippen LogP contribution in [0, 0.1) is 18.3 Å². The molecule has 1 aromatic rings. The molecule has 0 bridgehead atoms. The van der Waals surface area contributed by atoms with E-state index in [1.54, 1.807) is 33.8 Å². The summed E-state index contributed by atoms with van der Waals surface area (Å²) in [6, 6.07) is 5.15. The lowest BCUT2D eigenvalue weighted by atomic mass is 10.1. The number of amides is 2. The highest BCUT2D eigenvalue weighted by molar-refractivity contribution is 5.96. The molecule has 0 aliphatic rings. The molecule has 0 atom stereocenters. The third kappa shape index (κ3) is 8.76. The summed E-state index contributed by atoms with van der Waals surface area (Å²) < 4.78 is 10.5. The maximum Gasteiger partial charge on any atom is 0.412 e. The number of hydrogen-bond acceptors (Lipinski definition) is 5. The largest absolute Gasteiger partial charge is 0.449 e. The van der Waals surface area contributed by atoms with Gasteiger partial charge in [0.2, 0.25) is 0 Å². The van der Waals surface area contributed by atoms with Crippen LogP contribution in [0.2, 0.25) is 0 Å². The molecule has 0 saturated carbocycles. The van der Waals surface area contributed by atoms with E-state index in [1.165, 1.54) is 12.5 Å². The smallest absolute Gasteiger partial charge is 0.412 e. The number of carbonyl (C=O) groups excluding carboxylic acids is 2. The summed E-state index contributed by atoms with van der Waals surface area (Å²) in [4.78, 5) is 24.2. The standard InChI is InChI=1S/C21H31N3O4/c1-6-7-8-9-10-11-27-19(25)23-17-13-16(14-22)12-15(2)18(17)24-20(26)28-21(3,4)5/h12-13H,6-11H2,1-5H3,(H,23,25)(H,24,26). The van der Waals surface area contributed by atoms with Gasteiger partial charge >= 0.3 is 12.2 Å². The molecule has 0 heterocycles. The predicted octanol–water partition coefficient (Wildman–Crippen LogP) is 5.73. The van der Waals surface area contributed by atoms with Crippen LogP contribution in [0.25, 0.3) is 0 Å². The molecule has 1 aromatic carbocycles. The van der Waals surface area contributed by atoms with Crippen LogP contribution in [0.3, 0.4) is 0 Å². The molecule has 0 saturated heterocycles. The first-order chi connectivity index (χ1) is 13.2. The van der Waals surface area contributed by atoms with Gasteiger partial charge in [-0.25, -0.2) is 9.59 Å². The average molecular weight is 389 g/mol. The Balaban J connectivity index is 2.80. The van der Waals surface area contributed by atoms with E-state index in [0.717, 1.165) is 25.7 Å². The molecule has 0 aliphatic carbocycles. The fourth-order valence-corrected chi connectivity index (χ4v) is 2.54. The minimum atomic E-state index is -0.658. The SMILES string of the molecule is CCCCCCCOC(=O)Nc1cc(C#N)cc(C)c1NC(=O)OC(C)(C)C. The fourth-order valence-electron chi connectivity index (χ4n) is 2.54. The number of carbonyl (C=O) groups is 2. The van der Waals surface area contributed by atoms with E-state index in [4.69, 9.17) is 9.47 Å². The van der Waals surface area contributed by atoms with Gasteiger partial charge < -0.3 is 9.47 Å². The van der Waals surface area contributed by atoms with E-state index < -0.39 is 17.8 Å². The molecule has 7 nitrogen and oxygen atoms in total. The van der Waals surface area contributed by atoms with Crippen molar-refractivity contribution in [1.82, 2.24) is 0 Å². The lowest BCUT2D eigenvalue weighted by Gasteiger charge is -2.21. The number of nitrogens with one attached hydrogen (secondary N) is 2. The molecule has 28 heavy (non-hydrogen) atoms. The summed E-state index contributed by atoms with van der Waals surface area (Å²) >= 11 is 0. The van der Waals surface area contributed by atoms with E-state index in [1.807, 2.05) is 6.07 Å². The minimum Gasteiger partial charge on any atom is -0.449 e. The Morgan fingerprint density at radius 3 is 2.36 bits per heavy atom. The number of hydrogen-bond donors (Lipinski definition) is 2. The Labute approximate surface area is 167 Å². The quantitative estimate of drug-likeness (QED) is 0.553. The van der Waals surface area contributed by atoms with Gasteiger partial charge in [0.25, 0.3) is 0 Å². The summed E-state index contributed by atoms with van der Waals surface area (Å²) in [5, 5.41) is 14.4. The molecule has 0 fully saturated rings. The molecule has 2 N–H and O–H groups in total. The first-order valence-corrected chi connectivity index (χ1v) is 9.64. The molecule has 154 valence electrons. The molecule has 0 unspecified atom stereocenters. The number of rotatable bonds is 8. The van der Waals surface area contributed by atoms with Gasteiger partial charge in [0, 0.05) is 0 Å². The fraction of sp³-hybridized carbons (Fsp3) is 0.571. The number of aryl methyl sites for hydroxylation is 1. The van der Waals surface area contributed by atoms with Crippen molar-refractivity contribution < 1.29 is 19.1 Å². The van der Waals surface area contributed by atoms with Crippen LogP contribution in [-0.2, 0) is 9.47 Å². The zero-order valence-electron chi connectivity index (χ0n) is 17.5. The molecule has 0 aliphatic heterocycles. The lowest BCUT2D eigenvalue weighted by Crippen LogP contribution is -2.28. The van der Waals surface area contributed by atoms with Crippen LogP contribution in [0.1, 0.15) is 70.9 Å². The molecule has 0 spiro atoms. The van der Waals surface area contributed by atoms with E-state index in [9.17, 15) is 14.9 Å². The molecule has 0 radical (unpaired) electrons. The Morgan fingerprint density at radius 2 is 1.75 bits per heavy atom. The van der Waals surface area contributed by atoms with Crippen LogP contribution in [0.5, 0.6) is 0 Å². The van der Waals surface area contributed by atoms with Crippen LogP contribution < -0.4 is 10.6 Å². The Kier molecular flexibility index (Phi) is 9.29. The van der Waals surface area contributed by atoms with E-state index in [-0.39, 0.29) is 0 Å². The van der Waals surface area contributed by atoms with E-state index in [2.05, 4.69) is 17.6 Å². The third-order valence-corrected chi connectivity index (χ3v) is 3.81. The highest BCUT2D eigenvalue weighted by Crippen LogP contribution is 2.28. The van der Waals surface area contributed by atoms with Crippen molar-refractivity contribution >= 4 is 23.6 Å². The number of ether oxygens (including phenoxy) is 2. The van der Waals surface area contributed by atoms with Crippen molar-refractivity contribution in [3.8, 4) is 6.07 Å². The second kappa shape index (κ2) is 11.2. The maximum absolute atomic E-state index is 12.1. The van der Waals surface area contributed by atoms with Crippen LogP contribution in [-0.4, -0.2) is 24.4 Å². The Hall–Kier alpha value is -2.75. The number of unbranched alkanes of at least 4 members (excludes halogenated alkanes) is 4. The van der Waals surface area contributed by atoms with Gasteiger partial charge in [-0.2, -0.15) is 5.26 Å². The molecule has 2 amide bonds. The van der Waals surface area contributed by atoms with Crippen molar-refractivity contribution in [2.24, 2.45) is 0 Å². The Bertz CT molecular complexity index is 718. The summed E-state index contributed by atoms with van der Waals surface area (Å²) in [7, 11) is 0. The van der Waals surface area contributed by atoms with Crippen molar-refractivity contribution in [1.29, 1.82) is 5.26 Å². The third-order valence-electron chi connectivity index (χ3n) is 3.81. The van der Waals surface area contributed by atoms with Gasteiger partial charge in [0.15, 0.2) is 0 Å². The van der Waals surface area contributed by atoms with E-state index >= 15 is 0 Å². The second-order valence-corrected chi connectivity index (χ2v) is 7.63. The van der Waals surface area contributed by atoms with Crippen molar-refractivity contribution in [2.75, 3.05) is 17.2 Å². The van der Waals surface area contributed by atoms with Gasteiger partial charge in [-0.05, 0) is 51.8 Å². The highest BCUT2D eigenvalue weighted by atomic mass is 16.6. The van der Waals surface area contributed by atoms with Gasteiger partial charge in [-0.3, -0.25) is 10.6 Å². The van der Waals surface area contributed by atoms with Gasteiger partial charge in [-0.15, -0.1) is 0 Å². The molecular formula is C21H31N3O4. The second-order valence-electron chi connectivity index (χ2n) is 7.63. The number of benzene rings is 1. The zero-order chi connectivity index (χ0) is 21.2. The average Bonchev–Trinajstić information content (AvgIpc) is 2.59. The number of nitrogens with zero attached hydrogens (tertiary/aromatic N) is 1. The first kappa shape index (κ1) is 23.3. The van der Waals surface area contributed by atoms with Crippen LogP contribution in [0.4, 0.5) is 21.0 Å². The van der Waals surface area contributed by atoms with Gasteiger partial charge in [0.1, 0.15) is 5.60 Å². The molecule has 7 heteroatoms. The molecule has 1 rings (SSSR count). The molecular weight excluding hydrogens is 358 g/mol. The highest BCUT2D eigenvalue weighted by Gasteiger charge is 2.19. The topological polar surface area (TPSA) is 100 Å². The maximum atomic E-state index is 12.1. The first-order valence-electron chi connectivity index (χ1n) is 9.64. The van der Waals surface area contributed by atoms with Gasteiger partial charge in [0.05, 0.1) is 29.6 Å². The zero-order valence-corrected chi connectivity index (χ0v) is 17.5. The normalized spacial score (nSPS) is 10.7. The van der Waals surface area contributed by atoms with Crippen molar-refractivity contribution in [3.63, 3.8) is 0 Å². The van der Waals surface area contributed by atoms with Crippen molar-refractivity contribution in [2.45, 2.75) is 72.3 Å². The lowest BCUT2D eigenvalue weighted by molar-refractivity contribution is 0.0635. The monoisotopic (exact) mass is 389 g/mol. The number of anilines is 2. The van der Waals surface area contributed by atoms with Crippen molar-refractivity contribution in [3.05, 3.63) is 23.3 Å². The molecule has 0 aromatic heterocycles. The van der Waals surface area contributed by atoms with Gasteiger partial charge in [-0.1, -0.05) is 32.6 Å². The summed E-state index contributed by atoms with van der Waals surface area (Å²) in [6.45, 7) is 9.48. The summed E-state index contributed by atoms with van der Waals surface area (Å²) in [6.07, 6.45) is 3.98. The predicted molar refractivity (Wildman–Crippen MR) is 109 cm³/mol. The van der Waals surface area contributed by atoms with E-state index in [0.29, 0.717) is 29.1 Å². The summed E-state index contributed by atoms with van der Waals surface area (Å²) in [5.74, 6) is 0. The van der Waals surface area contributed by atoms with Crippen LogP contribution >= 0.6 is 0 Å². The van der Waals surface area contributed by atoms with Crippen LogP contribution in [0.15, 0.2) is 12.1 Å². The minimum absolute atomic E-state index is 0.290.